The molecule has 0 spiro atoms. The van der Waals surface area contributed by atoms with Crippen molar-refractivity contribution in [2.24, 2.45) is 5.73 Å². The number of rotatable bonds is 4. The van der Waals surface area contributed by atoms with Gasteiger partial charge in [-0.05, 0) is 31.9 Å². The lowest BCUT2D eigenvalue weighted by molar-refractivity contribution is 0.468. The smallest absolute Gasteiger partial charge is 0.121 e. The van der Waals surface area contributed by atoms with Crippen LogP contribution in [0.2, 0.25) is 0 Å². The topological polar surface area (TPSA) is 49.5 Å². The fourth-order valence-corrected chi connectivity index (χ4v) is 2.20. The molecule has 3 N–H and O–H groups in total. The zero-order valence-corrected chi connectivity index (χ0v) is 9.98. The van der Waals surface area contributed by atoms with E-state index in [9.17, 15) is 5.11 Å². The highest BCUT2D eigenvalue weighted by molar-refractivity contribution is 5.55. The molecular formula is C13H20N2O. The van der Waals surface area contributed by atoms with E-state index in [-0.39, 0.29) is 6.04 Å². The van der Waals surface area contributed by atoms with Gasteiger partial charge in [-0.3, -0.25) is 0 Å². The second-order valence-corrected chi connectivity index (χ2v) is 4.42. The lowest BCUT2D eigenvalue weighted by Crippen LogP contribution is -2.21. The Kier molecular flexibility index (Phi) is 3.06. The molecule has 0 amide bonds. The van der Waals surface area contributed by atoms with Crippen molar-refractivity contribution in [3.63, 3.8) is 0 Å². The first kappa shape index (κ1) is 11.3. The molecule has 1 fully saturated rings. The van der Waals surface area contributed by atoms with Crippen LogP contribution in [0.3, 0.4) is 0 Å². The number of aromatic hydroxyl groups is 1. The van der Waals surface area contributed by atoms with Crippen molar-refractivity contribution in [2.75, 3.05) is 18.0 Å². The summed E-state index contributed by atoms with van der Waals surface area (Å²) in [4.78, 5) is 2.22. The van der Waals surface area contributed by atoms with E-state index in [2.05, 4.69) is 24.8 Å². The fourth-order valence-electron chi connectivity index (χ4n) is 2.20. The van der Waals surface area contributed by atoms with Gasteiger partial charge in [0.25, 0.3) is 0 Å². The van der Waals surface area contributed by atoms with Crippen LogP contribution in [0, 0.1) is 0 Å². The minimum Gasteiger partial charge on any atom is -0.508 e. The van der Waals surface area contributed by atoms with Crippen LogP contribution in [0.15, 0.2) is 18.2 Å². The van der Waals surface area contributed by atoms with Gasteiger partial charge >= 0.3 is 0 Å². The molecular weight excluding hydrogens is 200 g/mol. The SMILES string of the molecule is CCN(CC)c1ccc(C2CC2N)c(O)c1. The minimum atomic E-state index is 0.241. The molecule has 0 aromatic heterocycles. The van der Waals surface area contributed by atoms with Crippen molar-refractivity contribution in [3.05, 3.63) is 23.8 Å². The summed E-state index contributed by atoms with van der Waals surface area (Å²) in [5.41, 5.74) is 7.88. The van der Waals surface area contributed by atoms with Crippen LogP contribution in [-0.4, -0.2) is 24.2 Å². The average molecular weight is 220 g/mol. The maximum Gasteiger partial charge on any atom is 0.121 e. The zero-order valence-electron chi connectivity index (χ0n) is 9.98. The summed E-state index contributed by atoms with van der Waals surface area (Å²) in [6, 6.07) is 6.19. The largest absolute Gasteiger partial charge is 0.508 e. The maximum atomic E-state index is 9.98. The molecule has 0 aliphatic heterocycles. The Morgan fingerprint density at radius 1 is 1.38 bits per heavy atom. The zero-order chi connectivity index (χ0) is 11.7. The van der Waals surface area contributed by atoms with E-state index < -0.39 is 0 Å². The quantitative estimate of drug-likeness (QED) is 0.816. The van der Waals surface area contributed by atoms with Gasteiger partial charge in [-0.25, -0.2) is 0 Å². The summed E-state index contributed by atoms with van der Waals surface area (Å²) in [6.45, 7) is 6.15. The van der Waals surface area contributed by atoms with Crippen LogP contribution in [0.5, 0.6) is 5.75 Å². The van der Waals surface area contributed by atoms with Crippen molar-refractivity contribution in [1.82, 2.24) is 0 Å². The highest BCUT2D eigenvalue weighted by Crippen LogP contribution is 2.43. The van der Waals surface area contributed by atoms with Gasteiger partial charge in [0.1, 0.15) is 5.75 Å². The molecule has 3 nitrogen and oxygen atoms in total. The molecule has 1 saturated carbocycles. The summed E-state index contributed by atoms with van der Waals surface area (Å²) < 4.78 is 0. The first-order chi connectivity index (χ1) is 7.67. The Bertz CT molecular complexity index is 374. The van der Waals surface area contributed by atoms with Crippen LogP contribution in [0.1, 0.15) is 31.7 Å². The average Bonchev–Trinajstić information content (AvgIpc) is 2.97. The van der Waals surface area contributed by atoms with Crippen molar-refractivity contribution in [1.29, 1.82) is 0 Å². The summed E-state index contributed by atoms with van der Waals surface area (Å²) in [5.74, 6) is 0.758. The van der Waals surface area contributed by atoms with Gasteiger partial charge in [-0.1, -0.05) is 6.07 Å². The maximum absolute atomic E-state index is 9.98. The van der Waals surface area contributed by atoms with E-state index in [4.69, 9.17) is 5.73 Å². The standard InChI is InChI=1S/C13H20N2O/c1-3-15(4-2)9-5-6-10(13(16)7-9)11-8-12(11)14/h5-7,11-12,16H,3-4,8,14H2,1-2H3. The van der Waals surface area contributed by atoms with Gasteiger partial charge in [0.2, 0.25) is 0 Å². The third-order valence-corrected chi connectivity index (χ3v) is 3.38. The summed E-state index contributed by atoms with van der Waals surface area (Å²) in [7, 11) is 0. The highest BCUT2D eigenvalue weighted by atomic mass is 16.3. The van der Waals surface area contributed by atoms with Crippen molar-refractivity contribution in [2.45, 2.75) is 32.2 Å². The monoisotopic (exact) mass is 220 g/mol. The first-order valence-corrected chi connectivity index (χ1v) is 6.00. The molecule has 1 aromatic rings. The van der Waals surface area contributed by atoms with Crippen molar-refractivity contribution >= 4 is 5.69 Å². The molecule has 16 heavy (non-hydrogen) atoms. The molecule has 0 saturated heterocycles. The van der Waals surface area contributed by atoms with E-state index >= 15 is 0 Å². The predicted molar refractivity (Wildman–Crippen MR) is 67.0 cm³/mol. The van der Waals surface area contributed by atoms with E-state index in [1.165, 1.54) is 0 Å². The van der Waals surface area contributed by atoms with Crippen LogP contribution in [0.25, 0.3) is 0 Å². The number of benzene rings is 1. The molecule has 2 rings (SSSR count). The van der Waals surface area contributed by atoms with Gasteiger partial charge in [-0.2, -0.15) is 0 Å². The second-order valence-electron chi connectivity index (χ2n) is 4.42. The summed E-state index contributed by atoms with van der Waals surface area (Å²) in [6.07, 6.45) is 0.998. The molecule has 3 heteroatoms. The lowest BCUT2D eigenvalue weighted by Gasteiger charge is -2.21. The molecule has 2 atom stereocenters. The minimum absolute atomic E-state index is 0.241. The Labute approximate surface area is 96.9 Å². The van der Waals surface area contributed by atoms with Crippen LogP contribution >= 0.6 is 0 Å². The van der Waals surface area contributed by atoms with E-state index in [0.29, 0.717) is 11.7 Å². The van der Waals surface area contributed by atoms with E-state index in [1.54, 1.807) is 0 Å². The third kappa shape index (κ3) is 2.00. The van der Waals surface area contributed by atoms with Gasteiger partial charge in [-0.15, -0.1) is 0 Å². The molecule has 2 unspecified atom stereocenters. The number of phenolic OH excluding ortho intramolecular Hbond substituents is 1. The molecule has 1 aromatic carbocycles. The van der Waals surface area contributed by atoms with Crippen molar-refractivity contribution < 1.29 is 5.11 Å². The first-order valence-electron chi connectivity index (χ1n) is 6.00. The number of nitrogens with two attached hydrogens (primary N) is 1. The summed E-state index contributed by atoms with van der Waals surface area (Å²) in [5, 5.41) is 9.98. The van der Waals surface area contributed by atoms with E-state index in [1.807, 2.05) is 12.1 Å². The Morgan fingerprint density at radius 3 is 2.44 bits per heavy atom. The second kappa shape index (κ2) is 4.34. The Morgan fingerprint density at radius 2 is 2.00 bits per heavy atom. The fraction of sp³-hybridized carbons (Fsp3) is 0.538. The Balaban J connectivity index is 2.22. The number of phenols is 1. The highest BCUT2D eigenvalue weighted by Gasteiger charge is 2.36. The number of nitrogens with zero attached hydrogens (tertiary/aromatic N) is 1. The third-order valence-electron chi connectivity index (χ3n) is 3.38. The van der Waals surface area contributed by atoms with Gasteiger partial charge in [0.15, 0.2) is 0 Å². The molecule has 1 aliphatic rings. The normalized spacial score (nSPS) is 23.2. The molecule has 88 valence electrons. The van der Waals surface area contributed by atoms with E-state index in [0.717, 1.165) is 30.8 Å². The molecule has 1 aliphatic carbocycles. The molecule has 0 bridgehead atoms. The number of hydrogen-bond donors (Lipinski definition) is 2. The molecule has 0 heterocycles. The summed E-state index contributed by atoms with van der Waals surface area (Å²) >= 11 is 0. The number of hydrogen-bond acceptors (Lipinski definition) is 3. The van der Waals surface area contributed by atoms with Crippen LogP contribution < -0.4 is 10.6 Å². The van der Waals surface area contributed by atoms with Crippen LogP contribution in [-0.2, 0) is 0 Å². The lowest BCUT2D eigenvalue weighted by atomic mass is 10.1. The predicted octanol–water partition coefficient (Wildman–Crippen LogP) is 2.05. The van der Waals surface area contributed by atoms with Gasteiger partial charge < -0.3 is 15.7 Å². The van der Waals surface area contributed by atoms with Crippen molar-refractivity contribution in [3.8, 4) is 5.75 Å². The Hall–Kier alpha value is -1.22. The van der Waals surface area contributed by atoms with Gasteiger partial charge in [0.05, 0.1) is 0 Å². The molecule has 0 radical (unpaired) electrons. The van der Waals surface area contributed by atoms with Crippen LogP contribution in [0.4, 0.5) is 5.69 Å². The number of anilines is 1. The van der Waals surface area contributed by atoms with Gasteiger partial charge in [0, 0.05) is 36.8 Å².